The lowest BCUT2D eigenvalue weighted by Crippen LogP contribution is -2.34. The van der Waals surface area contributed by atoms with E-state index < -0.39 is 0 Å². The molecule has 0 aromatic carbocycles. The van der Waals surface area contributed by atoms with Gasteiger partial charge in [-0.05, 0) is 92.5 Å². The Balaban J connectivity index is 0.000000251. The van der Waals surface area contributed by atoms with Crippen molar-refractivity contribution in [2.45, 2.75) is 103 Å². The molecule has 5 heteroatoms. The first-order valence-electron chi connectivity index (χ1n) is 9.83. The van der Waals surface area contributed by atoms with Crippen molar-refractivity contribution >= 4 is 5.91 Å². The third-order valence-electron chi connectivity index (χ3n) is 5.18. The number of hydrogen-bond donors (Lipinski definition) is 4. The number of amides is 1. The van der Waals surface area contributed by atoms with Crippen LogP contribution in [0, 0.1) is 11.8 Å². The van der Waals surface area contributed by atoms with E-state index in [2.05, 4.69) is 24.5 Å². The highest BCUT2D eigenvalue weighted by Gasteiger charge is 2.36. The molecule has 0 aromatic rings. The van der Waals surface area contributed by atoms with Gasteiger partial charge >= 0.3 is 0 Å². The number of aliphatic hydroxyl groups is 2. The molecule has 0 aromatic heterocycles. The van der Waals surface area contributed by atoms with Crippen molar-refractivity contribution in [1.82, 2.24) is 10.6 Å². The van der Waals surface area contributed by atoms with Crippen molar-refractivity contribution in [3.63, 3.8) is 0 Å². The highest BCUT2D eigenvalue weighted by Crippen LogP contribution is 2.28. The summed E-state index contributed by atoms with van der Waals surface area (Å²) in [5.74, 6) is 1.02. The molecule has 25 heavy (non-hydrogen) atoms. The Bertz CT molecular complexity index is 419. The van der Waals surface area contributed by atoms with Gasteiger partial charge in [0.25, 0.3) is 0 Å². The van der Waals surface area contributed by atoms with Gasteiger partial charge in [0.05, 0.1) is 12.2 Å². The molecule has 2 heterocycles. The van der Waals surface area contributed by atoms with Crippen molar-refractivity contribution in [3.05, 3.63) is 0 Å². The maximum Gasteiger partial charge on any atom is 0.223 e. The first kappa shape index (κ1) is 22.4. The second-order valence-corrected chi connectivity index (χ2v) is 9.46. The van der Waals surface area contributed by atoms with E-state index in [1.165, 1.54) is 6.42 Å². The minimum absolute atomic E-state index is 0.0551. The van der Waals surface area contributed by atoms with Crippen molar-refractivity contribution in [3.8, 4) is 0 Å². The van der Waals surface area contributed by atoms with Gasteiger partial charge in [-0.1, -0.05) is 0 Å². The molecule has 0 radical (unpaired) electrons. The Morgan fingerprint density at radius 2 is 1.56 bits per heavy atom. The maximum atomic E-state index is 11.4. The van der Waals surface area contributed by atoms with Gasteiger partial charge in [-0.3, -0.25) is 4.79 Å². The van der Waals surface area contributed by atoms with Gasteiger partial charge in [0.2, 0.25) is 5.91 Å². The Morgan fingerprint density at radius 1 is 1.00 bits per heavy atom. The van der Waals surface area contributed by atoms with E-state index in [0.29, 0.717) is 12.0 Å². The predicted molar refractivity (Wildman–Crippen MR) is 102 cm³/mol. The Hall–Kier alpha value is -0.650. The van der Waals surface area contributed by atoms with Crippen molar-refractivity contribution in [2.24, 2.45) is 11.8 Å². The van der Waals surface area contributed by atoms with E-state index in [-0.39, 0.29) is 29.6 Å². The first-order valence-corrected chi connectivity index (χ1v) is 9.83. The average molecular weight is 357 g/mol. The van der Waals surface area contributed by atoms with Gasteiger partial charge in [-0.25, -0.2) is 0 Å². The zero-order valence-corrected chi connectivity index (χ0v) is 17.1. The van der Waals surface area contributed by atoms with E-state index in [4.69, 9.17) is 10.2 Å². The number of carbonyl (C=O) groups is 1. The van der Waals surface area contributed by atoms with Gasteiger partial charge in [-0.15, -0.1) is 0 Å². The van der Waals surface area contributed by atoms with Crippen LogP contribution in [0.2, 0.25) is 0 Å². The molecular weight excluding hydrogens is 316 g/mol. The molecule has 2 saturated heterocycles. The summed E-state index contributed by atoms with van der Waals surface area (Å²) in [6.07, 6.45) is 5.33. The molecule has 4 atom stereocenters. The van der Waals surface area contributed by atoms with Gasteiger partial charge in [0.15, 0.2) is 0 Å². The Morgan fingerprint density at radius 3 is 1.96 bits per heavy atom. The zero-order chi connectivity index (χ0) is 19.3. The largest absolute Gasteiger partial charge is 0.393 e. The fourth-order valence-electron chi connectivity index (χ4n) is 3.84. The standard InChI is InChI=1S/C10H19NO2.C10H21NO/c1-7(12)4-5-8-6-10(2,3)11-9(8)13;1-8(12)4-5-9-6-10(2,3)11-7-9/h7-8,12H,4-6H2,1-3H3,(H,11,13);8-9,11-12H,4-7H2,1-3H3. The van der Waals surface area contributed by atoms with Crippen LogP contribution in [0.25, 0.3) is 0 Å². The second kappa shape index (κ2) is 9.33. The molecule has 4 unspecified atom stereocenters. The third-order valence-corrected chi connectivity index (χ3v) is 5.18. The molecule has 0 bridgehead atoms. The molecule has 5 nitrogen and oxygen atoms in total. The van der Waals surface area contributed by atoms with E-state index in [1.54, 1.807) is 6.92 Å². The SMILES string of the molecule is CC(O)CCC1CC(C)(C)NC1=O.CC(O)CCC1CNC(C)(C)C1. The van der Waals surface area contributed by atoms with Gasteiger partial charge in [0.1, 0.15) is 0 Å². The molecule has 4 N–H and O–H groups in total. The molecule has 2 rings (SSSR count). The summed E-state index contributed by atoms with van der Waals surface area (Å²) in [6.45, 7) is 13.3. The monoisotopic (exact) mass is 356 g/mol. The zero-order valence-electron chi connectivity index (χ0n) is 17.1. The summed E-state index contributed by atoms with van der Waals surface area (Å²) < 4.78 is 0. The summed E-state index contributed by atoms with van der Waals surface area (Å²) in [7, 11) is 0. The molecule has 148 valence electrons. The highest BCUT2D eigenvalue weighted by atomic mass is 16.3. The third kappa shape index (κ3) is 9.02. The molecule has 2 fully saturated rings. The maximum absolute atomic E-state index is 11.4. The van der Waals surface area contributed by atoms with Crippen LogP contribution in [0.5, 0.6) is 0 Å². The molecule has 2 aliphatic heterocycles. The van der Waals surface area contributed by atoms with Crippen LogP contribution in [-0.4, -0.2) is 46.0 Å². The second-order valence-electron chi connectivity index (χ2n) is 9.46. The van der Waals surface area contributed by atoms with Crippen molar-refractivity contribution in [2.75, 3.05) is 6.54 Å². The van der Waals surface area contributed by atoms with E-state index in [1.807, 2.05) is 20.8 Å². The first-order chi connectivity index (χ1) is 11.4. The van der Waals surface area contributed by atoms with Crippen LogP contribution in [0.1, 0.15) is 80.1 Å². The number of hydrogen-bond acceptors (Lipinski definition) is 4. The lowest BCUT2D eigenvalue weighted by molar-refractivity contribution is -0.123. The summed E-state index contributed by atoms with van der Waals surface area (Å²) in [5, 5.41) is 24.7. The molecule has 0 aliphatic carbocycles. The number of aliphatic hydroxyl groups excluding tert-OH is 2. The van der Waals surface area contributed by atoms with Crippen molar-refractivity contribution in [1.29, 1.82) is 0 Å². The lowest BCUT2D eigenvalue weighted by Gasteiger charge is -2.17. The van der Waals surface area contributed by atoms with Crippen LogP contribution in [-0.2, 0) is 4.79 Å². The van der Waals surface area contributed by atoms with E-state index >= 15 is 0 Å². The van der Waals surface area contributed by atoms with Crippen molar-refractivity contribution < 1.29 is 15.0 Å². The summed E-state index contributed by atoms with van der Waals surface area (Å²) in [5.41, 5.74) is 0.268. The normalized spacial score (nSPS) is 29.5. The van der Waals surface area contributed by atoms with Crippen LogP contribution in [0.3, 0.4) is 0 Å². The molecule has 1 amide bonds. The summed E-state index contributed by atoms with van der Waals surface area (Å²) >= 11 is 0. The Kier molecular flexibility index (Phi) is 8.36. The van der Waals surface area contributed by atoms with Gasteiger partial charge < -0.3 is 20.8 Å². The topological polar surface area (TPSA) is 81.6 Å². The number of carbonyl (C=O) groups excluding carboxylic acids is 1. The summed E-state index contributed by atoms with van der Waals surface area (Å²) in [6, 6.07) is 0. The average Bonchev–Trinajstić information content (AvgIpc) is 2.93. The van der Waals surface area contributed by atoms with Crippen LogP contribution in [0.15, 0.2) is 0 Å². The van der Waals surface area contributed by atoms with E-state index in [9.17, 15) is 4.79 Å². The smallest absolute Gasteiger partial charge is 0.223 e. The highest BCUT2D eigenvalue weighted by molar-refractivity contribution is 5.81. The quantitative estimate of drug-likeness (QED) is 0.590. The molecular formula is C20H40N2O3. The minimum atomic E-state index is -0.295. The van der Waals surface area contributed by atoms with E-state index in [0.717, 1.165) is 38.1 Å². The van der Waals surface area contributed by atoms with Gasteiger partial charge in [0, 0.05) is 17.0 Å². The lowest BCUT2D eigenvalue weighted by atomic mass is 9.92. The fraction of sp³-hybridized carbons (Fsp3) is 0.950. The molecule has 0 saturated carbocycles. The van der Waals surface area contributed by atoms with Crippen LogP contribution < -0.4 is 10.6 Å². The fourth-order valence-corrected chi connectivity index (χ4v) is 3.84. The number of nitrogens with one attached hydrogen (secondary N) is 2. The van der Waals surface area contributed by atoms with Crippen LogP contribution >= 0.6 is 0 Å². The minimum Gasteiger partial charge on any atom is -0.393 e. The molecule has 2 aliphatic rings. The predicted octanol–water partition coefficient (Wildman–Crippen LogP) is 2.60. The Labute approximate surface area is 154 Å². The molecule has 0 spiro atoms. The summed E-state index contributed by atoms with van der Waals surface area (Å²) in [4.78, 5) is 11.4. The van der Waals surface area contributed by atoms with Crippen LogP contribution in [0.4, 0.5) is 0 Å². The number of rotatable bonds is 6. The van der Waals surface area contributed by atoms with Gasteiger partial charge in [-0.2, -0.15) is 0 Å².